The van der Waals surface area contributed by atoms with Gasteiger partial charge in [0.25, 0.3) is 0 Å². The Kier molecular flexibility index (Phi) is 7.09. The molecular weight excluding hydrogens is 410 g/mol. The minimum absolute atomic E-state index is 0.0481. The van der Waals surface area contributed by atoms with Crippen LogP contribution in [0.2, 0.25) is 5.02 Å². The summed E-state index contributed by atoms with van der Waals surface area (Å²) < 4.78 is 10.6. The topological polar surface area (TPSA) is 72.5 Å². The number of ether oxygens (including phenoxy) is 2. The van der Waals surface area contributed by atoms with Gasteiger partial charge in [-0.2, -0.15) is 0 Å². The molecule has 8 heteroatoms. The molecule has 0 saturated carbocycles. The molecule has 1 amide bonds. The molecule has 1 atom stereocenters. The Labute approximate surface area is 178 Å². The molecule has 2 N–H and O–H groups in total. The molecule has 152 valence electrons. The van der Waals surface area contributed by atoms with Gasteiger partial charge in [0.05, 0.1) is 26.5 Å². The van der Waals surface area contributed by atoms with Crippen LogP contribution in [-0.4, -0.2) is 31.7 Å². The highest BCUT2D eigenvalue weighted by Crippen LogP contribution is 2.33. The predicted octanol–water partition coefficient (Wildman–Crippen LogP) is 4.77. The third-order valence-electron chi connectivity index (χ3n) is 4.37. The van der Waals surface area contributed by atoms with Crippen LogP contribution < -0.4 is 20.1 Å². The number of carbonyl (C=O) groups excluding carboxylic acids is 1. The molecule has 0 aliphatic carbocycles. The summed E-state index contributed by atoms with van der Waals surface area (Å²) >= 11 is 7.57. The van der Waals surface area contributed by atoms with E-state index in [9.17, 15) is 4.79 Å². The van der Waals surface area contributed by atoms with Crippen LogP contribution in [0.5, 0.6) is 11.5 Å². The molecule has 29 heavy (non-hydrogen) atoms. The van der Waals surface area contributed by atoms with E-state index < -0.39 is 0 Å². The number of anilines is 1. The molecule has 3 rings (SSSR count). The zero-order valence-corrected chi connectivity index (χ0v) is 17.9. The molecule has 0 saturated heterocycles. The van der Waals surface area contributed by atoms with E-state index in [2.05, 4.69) is 15.6 Å². The number of amides is 1. The summed E-state index contributed by atoms with van der Waals surface area (Å²) in [4.78, 5) is 16.8. The summed E-state index contributed by atoms with van der Waals surface area (Å²) in [6.07, 6.45) is 0. The maximum absolute atomic E-state index is 12.3. The summed E-state index contributed by atoms with van der Waals surface area (Å²) in [6.45, 7) is 2.12. The number of methoxy groups -OCH3 is 2. The maximum atomic E-state index is 12.3. The molecule has 0 unspecified atom stereocenters. The summed E-state index contributed by atoms with van der Waals surface area (Å²) in [5.41, 5.74) is 2.58. The number of rotatable bonds is 8. The van der Waals surface area contributed by atoms with E-state index in [-0.39, 0.29) is 18.5 Å². The number of nitrogens with zero attached hydrogens (tertiary/aromatic N) is 1. The Morgan fingerprint density at radius 1 is 1.17 bits per heavy atom. The SMILES string of the molecule is COc1ccc(-c2csc(NC(=O)CN[C@@H](C)c3ccccc3Cl)n2)cc1OC. The van der Waals surface area contributed by atoms with E-state index in [0.717, 1.165) is 16.8 Å². The number of hydrogen-bond donors (Lipinski definition) is 2. The lowest BCUT2D eigenvalue weighted by atomic mass is 10.1. The van der Waals surface area contributed by atoms with Crippen LogP contribution in [0.25, 0.3) is 11.3 Å². The Hall–Kier alpha value is -2.61. The summed E-state index contributed by atoms with van der Waals surface area (Å²) in [5, 5.41) is 9.09. The molecule has 3 aromatic rings. The number of hydrogen-bond acceptors (Lipinski definition) is 6. The Morgan fingerprint density at radius 2 is 1.93 bits per heavy atom. The zero-order valence-electron chi connectivity index (χ0n) is 16.4. The lowest BCUT2D eigenvalue weighted by Gasteiger charge is -2.15. The van der Waals surface area contributed by atoms with Crippen molar-refractivity contribution in [3.63, 3.8) is 0 Å². The Bertz CT molecular complexity index is 993. The summed E-state index contributed by atoms with van der Waals surface area (Å²) in [5.74, 6) is 1.11. The first-order valence-electron chi connectivity index (χ1n) is 8.97. The van der Waals surface area contributed by atoms with Gasteiger partial charge in [-0.15, -0.1) is 11.3 Å². The largest absolute Gasteiger partial charge is 0.493 e. The monoisotopic (exact) mass is 431 g/mol. The summed E-state index contributed by atoms with van der Waals surface area (Å²) in [7, 11) is 3.18. The number of nitrogens with one attached hydrogen (secondary N) is 2. The van der Waals surface area contributed by atoms with Crippen molar-refractivity contribution in [2.75, 3.05) is 26.1 Å². The van der Waals surface area contributed by atoms with Crippen molar-refractivity contribution in [1.82, 2.24) is 10.3 Å². The van der Waals surface area contributed by atoms with Gasteiger partial charge in [-0.3, -0.25) is 4.79 Å². The highest BCUT2D eigenvalue weighted by molar-refractivity contribution is 7.14. The van der Waals surface area contributed by atoms with Crippen LogP contribution >= 0.6 is 22.9 Å². The van der Waals surface area contributed by atoms with Crippen LogP contribution in [0.3, 0.4) is 0 Å². The number of halogens is 1. The second kappa shape index (κ2) is 9.73. The second-order valence-electron chi connectivity index (χ2n) is 6.28. The van der Waals surface area contributed by atoms with Gasteiger partial charge in [-0.25, -0.2) is 4.98 Å². The fourth-order valence-corrected chi connectivity index (χ4v) is 3.84. The number of benzene rings is 2. The van der Waals surface area contributed by atoms with E-state index in [1.807, 2.05) is 54.8 Å². The first kappa shape index (κ1) is 21.1. The van der Waals surface area contributed by atoms with Gasteiger partial charge in [0.15, 0.2) is 16.6 Å². The molecule has 0 fully saturated rings. The number of aromatic nitrogens is 1. The maximum Gasteiger partial charge on any atom is 0.240 e. The Morgan fingerprint density at radius 3 is 2.66 bits per heavy atom. The third-order valence-corrected chi connectivity index (χ3v) is 5.47. The van der Waals surface area contributed by atoms with Crippen molar-refractivity contribution in [2.24, 2.45) is 0 Å². The minimum atomic E-state index is -0.169. The third kappa shape index (κ3) is 5.26. The minimum Gasteiger partial charge on any atom is -0.493 e. The van der Waals surface area contributed by atoms with Crippen molar-refractivity contribution in [1.29, 1.82) is 0 Å². The van der Waals surface area contributed by atoms with Crippen LogP contribution in [-0.2, 0) is 4.79 Å². The van der Waals surface area contributed by atoms with Crippen molar-refractivity contribution in [3.05, 3.63) is 58.4 Å². The molecule has 0 aliphatic heterocycles. The van der Waals surface area contributed by atoms with Crippen LogP contribution in [0.1, 0.15) is 18.5 Å². The smallest absolute Gasteiger partial charge is 0.240 e. The van der Waals surface area contributed by atoms with Crippen LogP contribution in [0.15, 0.2) is 47.8 Å². The van der Waals surface area contributed by atoms with Crippen molar-refractivity contribution in [2.45, 2.75) is 13.0 Å². The fourth-order valence-electron chi connectivity index (χ4n) is 2.80. The van der Waals surface area contributed by atoms with Gasteiger partial charge in [-0.1, -0.05) is 29.8 Å². The van der Waals surface area contributed by atoms with Crippen LogP contribution in [0.4, 0.5) is 5.13 Å². The predicted molar refractivity (Wildman–Crippen MR) is 117 cm³/mol. The van der Waals surface area contributed by atoms with E-state index in [1.165, 1.54) is 11.3 Å². The van der Waals surface area contributed by atoms with Crippen LogP contribution in [0, 0.1) is 0 Å². The van der Waals surface area contributed by atoms with Crippen molar-refractivity contribution in [3.8, 4) is 22.8 Å². The van der Waals surface area contributed by atoms with Crippen molar-refractivity contribution < 1.29 is 14.3 Å². The molecular formula is C21H22ClN3O3S. The molecule has 1 aromatic heterocycles. The highest BCUT2D eigenvalue weighted by Gasteiger charge is 2.13. The molecule has 0 spiro atoms. The average Bonchev–Trinajstić information content (AvgIpc) is 3.20. The van der Waals surface area contributed by atoms with E-state index >= 15 is 0 Å². The van der Waals surface area contributed by atoms with Crippen molar-refractivity contribution >= 4 is 34.0 Å². The van der Waals surface area contributed by atoms with Gasteiger partial charge in [0, 0.05) is 22.0 Å². The number of carbonyl (C=O) groups is 1. The summed E-state index contributed by atoms with van der Waals surface area (Å²) in [6, 6.07) is 13.1. The molecule has 6 nitrogen and oxygen atoms in total. The average molecular weight is 432 g/mol. The first-order chi connectivity index (χ1) is 14.0. The quantitative estimate of drug-likeness (QED) is 0.537. The van der Waals surface area contributed by atoms with Gasteiger partial charge < -0.3 is 20.1 Å². The molecule has 0 radical (unpaired) electrons. The standard InChI is InChI=1S/C21H22ClN3O3S/c1-13(15-6-4-5-7-16(15)22)23-11-20(26)25-21-24-17(12-29-21)14-8-9-18(27-2)19(10-14)28-3/h4-10,12-13,23H,11H2,1-3H3,(H,24,25,26)/t13-/m0/s1. The van der Waals surface area contributed by atoms with E-state index in [1.54, 1.807) is 14.2 Å². The van der Waals surface area contributed by atoms with E-state index in [0.29, 0.717) is 21.7 Å². The zero-order chi connectivity index (χ0) is 20.8. The van der Waals surface area contributed by atoms with Gasteiger partial charge >= 0.3 is 0 Å². The highest BCUT2D eigenvalue weighted by atomic mass is 35.5. The first-order valence-corrected chi connectivity index (χ1v) is 10.2. The van der Waals surface area contributed by atoms with Gasteiger partial charge in [0.1, 0.15) is 0 Å². The number of thiazole rings is 1. The second-order valence-corrected chi connectivity index (χ2v) is 7.55. The molecule has 0 bridgehead atoms. The Balaban J connectivity index is 1.60. The molecule has 2 aromatic carbocycles. The lowest BCUT2D eigenvalue weighted by molar-refractivity contribution is -0.115. The molecule has 0 aliphatic rings. The van der Waals surface area contributed by atoms with Gasteiger partial charge in [-0.05, 0) is 36.8 Å². The molecule has 1 heterocycles. The van der Waals surface area contributed by atoms with Gasteiger partial charge in [0.2, 0.25) is 5.91 Å². The lowest BCUT2D eigenvalue weighted by Crippen LogP contribution is -2.30. The normalized spacial score (nSPS) is 11.7. The van der Waals surface area contributed by atoms with E-state index in [4.69, 9.17) is 21.1 Å². The fraction of sp³-hybridized carbons (Fsp3) is 0.238.